The number of hydrogen-bond acceptors (Lipinski definition) is 2. The van der Waals surface area contributed by atoms with E-state index in [2.05, 4.69) is 0 Å². The highest BCUT2D eigenvalue weighted by Gasteiger charge is 2.30. The molecule has 1 aromatic carbocycles. The molecule has 0 spiro atoms. The number of imide groups is 1. The molecule has 0 saturated heterocycles. The molecule has 2 amide bonds. The summed E-state index contributed by atoms with van der Waals surface area (Å²) in [4.78, 5) is 24.7. The van der Waals surface area contributed by atoms with E-state index in [0.717, 1.165) is 11.1 Å². The third-order valence-corrected chi connectivity index (χ3v) is 2.76. The van der Waals surface area contributed by atoms with E-state index in [1.807, 2.05) is 31.2 Å². The first-order valence-electron chi connectivity index (χ1n) is 5.28. The SMILES string of the molecule is CCN1C(=O)C=C(c2ccccc2C)C1=O. The van der Waals surface area contributed by atoms with E-state index >= 15 is 0 Å². The second-order valence-electron chi connectivity index (χ2n) is 3.76. The average Bonchev–Trinajstić information content (AvgIpc) is 2.55. The predicted molar refractivity (Wildman–Crippen MR) is 61.6 cm³/mol. The lowest BCUT2D eigenvalue weighted by Gasteiger charge is -2.12. The Morgan fingerprint density at radius 3 is 2.44 bits per heavy atom. The van der Waals surface area contributed by atoms with Gasteiger partial charge in [-0.3, -0.25) is 14.5 Å². The maximum absolute atomic E-state index is 11.9. The van der Waals surface area contributed by atoms with Gasteiger partial charge in [-0.05, 0) is 25.0 Å². The highest BCUT2D eigenvalue weighted by molar-refractivity contribution is 6.33. The summed E-state index contributed by atoms with van der Waals surface area (Å²) in [5, 5.41) is 0. The molecule has 1 aliphatic heterocycles. The van der Waals surface area contributed by atoms with Crippen molar-refractivity contribution in [2.24, 2.45) is 0 Å². The van der Waals surface area contributed by atoms with Gasteiger partial charge in [0.2, 0.25) is 0 Å². The number of likely N-dealkylation sites (N-methyl/N-ethyl adjacent to an activating group) is 1. The summed E-state index contributed by atoms with van der Waals surface area (Å²) >= 11 is 0. The molecular weight excluding hydrogens is 202 g/mol. The van der Waals surface area contributed by atoms with E-state index in [4.69, 9.17) is 0 Å². The van der Waals surface area contributed by atoms with Crippen LogP contribution < -0.4 is 0 Å². The number of benzene rings is 1. The number of hydrogen-bond donors (Lipinski definition) is 0. The van der Waals surface area contributed by atoms with Gasteiger partial charge in [-0.15, -0.1) is 0 Å². The molecule has 0 aromatic heterocycles. The van der Waals surface area contributed by atoms with Crippen molar-refractivity contribution in [3.05, 3.63) is 41.5 Å². The molecule has 2 rings (SSSR count). The molecule has 1 aromatic rings. The first-order valence-corrected chi connectivity index (χ1v) is 5.28. The summed E-state index contributed by atoms with van der Waals surface area (Å²) in [6, 6.07) is 7.59. The maximum atomic E-state index is 11.9. The van der Waals surface area contributed by atoms with Crippen LogP contribution in [0.25, 0.3) is 5.57 Å². The highest BCUT2D eigenvalue weighted by atomic mass is 16.2. The lowest BCUT2D eigenvalue weighted by atomic mass is 10.0. The van der Waals surface area contributed by atoms with Crippen LogP contribution in [0.15, 0.2) is 30.3 Å². The first kappa shape index (κ1) is 10.6. The fraction of sp³-hybridized carbons (Fsp3) is 0.231. The van der Waals surface area contributed by atoms with Gasteiger partial charge < -0.3 is 0 Å². The summed E-state index contributed by atoms with van der Waals surface area (Å²) in [7, 11) is 0. The van der Waals surface area contributed by atoms with E-state index in [1.165, 1.54) is 11.0 Å². The minimum absolute atomic E-state index is 0.193. The Kier molecular flexibility index (Phi) is 2.60. The van der Waals surface area contributed by atoms with Gasteiger partial charge in [0.15, 0.2) is 0 Å². The Morgan fingerprint density at radius 1 is 1.19 bits per heavy atom. The van der Waals surface area contributed by atoms with Crippen LogP contribution in [0.3, 0.4) is 0 Å². The van der Waals surface area contributed by atoms with Crippen LogP contribution in [-0.4, -0.2) is 23.3 Å². The molecule has 0 aliphatic carbocycles. The molecule has 1 aliphatic rings. The van der Waals surface area contributed by atoms with Gasteiger partial charge in [-0.1, -0.05) is 24.3 Å². The molecule has 0 unspecified atom stereocenters. The van der Waals surface area contributed by atoms with Crippen LogP contribution in [0.1, 0.15) is 18.1 Å². The average molecular weight is 215 g/mol. The molecule has 0 fully saturated rings. The third-order valence-electron chi connectivity index (χ3n) is 2.76. The van der Waals surface area contributed by atoms with Gasteiger partial charge in [-0.25, -0.2) is 0 Å². The molecular formula is C13H13NO2. The Bertz CT molecular complexity index is 488. The van der Waals surface area contributed by atoms with Crippen LogP contribution in [0.5, 0.6) is 0 Å². The van der Waals surface area contributed by atoms with Crippen molar-refractivity contribution in [1.82, 2.24) is 4.90 Å². The number of rotatable bonds is 2. The molecule has 0 N–H and O–H groups in total. The van der Waals surface area contributed by atoms with Gasteiger partial charge in [0.1, 0.15) is 0 Å². The maximum Gasteiger partial charge on any atom is 0.261 e. The summed E-state index contributed by atoms with van der Waals surface area (Å²) in [5.74, 6) is -0.410. The monoisotopic (exact) mass is 215 g/mol. The summed E-state index contributed by atoms with van der Waals surface area (Å²) in [5.41, 5.74) is 2.36. The Morgan fingerprint density at radius 2 is 1.88 bits per heavy atom. The van der Waals surface area contributed by atoms with Crippen molar-refractivity contribution in [2.45, 2.75) is 13.8 Å². The van der Waals surface area contributed by atoms with Crippen molar-refractivity contribution in [2.75, 3.05) is 6.54 Å². The van der Waals surface area contributed by atoms with E-state index in [1.54, 1.807) is 6.92 Å². The Labute approximate surface area is 94.4 Å². The largest absolute Gasteiger partial charge is 0.275 e. The number of aryl methyl sites for hydroxylation is 1. The van der Waals surface area contributed by atoms with Crippen LogP contribution in [0, 0.1) is 6.92 Å². The molecule has 0 radical (unpaired) electrons. The molecule has 0 atom stereocenters. The second kappa shape index (κ2) is 3.93. The zero-order valence-corrected chi connectivity index (χ0v) is 9.36. The smallest absolute Gasteiger partial charge is 0.261 e. The van der Waals surface area contributed by atoms with Gasteiger partial charge in [0, 0.05) is 12.6 Å². The Balaban J connectivity index is 2.45. The van der Waals surface area contributed by atoms with Crippen molar-refractivity contribution in [3.63, 3.8) is 0 Å². The van der Waals surface area contributed by atoms with Crippen LogP contribution in [-0.2, 0) is 9.59 Å². The highest BCUT2D eigenvalue weighted by Crippen LogP contribution is 2.25. The van der Waals surface area contributed by atoms with Gasteiger partial charge >= 0.3 is 0 Å². The summed E-state index contributed by atoms with van der Waals surface area (Å²) in [6.45, 7) is 4.15. The predicted octanol–water partition coefficient (Wildman–Crippen LogP) is 1.77. The van der Waals surface area contributed by atoms with E-state index < -0.39 is 0 Å². The molecule has 1 heterocycles. The molecule has 3 nitrogen and oxygen atoms in total. The third kappa shape index (κ3) is 1.54. The standard InChI is InChI=1S/C13H13NO2/c1-3-14-12(15)8-11(13(14)16)10-7-5-4-6-9(10)2/h4-8H,3H2,1-2H3. The zero-order valence-electron chi connectivity index (χ0n) is 9.36. The van der Waals surface area contributed by atoms with E-state index in [9.17, 15) is 9.59 Å². The van der Waals surface area contributed by atoms with E-state index in [-0.39, 0.29) is 11.8 Å². The number of carbonyl (C=O) groups excluding carboxylic acids is 2. The van der Waals surface area contributed by atoms with Crippen LogP contribution >= 0.6 is 0 Å². The fourth-order valence-corrected chi connectivity index (χ4v) is 1.88. The van der Waals surface area contributed by atoms with Crippen LogP contribution in [0.2, 0.25) is 0 Å². The molecule has 16 heavy (non-hydrogen) atoms. The lowest BCUT2D eigenvalue weighted by molar-refractivity contribution is -0.136. The van der Waals surface area contributed by atoms with Crippen molar-refractivity contribution >= 4 is 17.4 Å². The Hall–Kier alpha value is -1.90. The molecule has 0 saturated carbocycles. The van der Waals surface area contributed by atoms with Gasteiger partial charge in [0.05, 0.1) is 5.57 Å². The molecule has 0 bridgehead atoms. The van der Waals surface area contributed by atoms with E-state index in [0.29, 0.717) is 12.1 Å². The summed E-state index contributed by atoms with van der Waals surface area (Å²) in [6.07, 6.45) is 1.42. The summed E-state index contributed by atoms with van der Waals surface area (Å²) < 4.78 is 0. The molecule has 3 heteroatoms. The minimum Gasteiger partial charge on any atom is -0.275 e. The van der Waals surface area contributed by atoms with Gasteiger partial charge in [0.25, 0.3) is 11.8 Å². The topological polar surface area (TPSA) is 37.4 Å². The fourth-order valence-electron chi connectivity index (χ4n) is 1.88. The van der Waals surface area contributed by atoms with Crippen LogP contribution in [0.4, 0.5) is 0 Å². The minimum atomic E-state index is -0.217. The second-order valence-corrected chi connectivity index (χ2v) is 3.76. The zero-order chi connectivity index (χ0) is 11.7. The lowest BCUT2D eigenvalue weighted by Crippen LogP contribution is -2.30. The number of amides is 2. The number of nitrogens with zero attached hydrogens (tertiary/aromatic N) is 1. The van der Waals surface area contributed by atoms with Gasteiger partial charge in [-0.2, -0.15) is 0 Å². The van der Waals surface area contributed by atoms with Crippen molar-refractivity contribution in [1.29, 1.82) is 0 Å². The number of carbonyl (C=O) groups is 2. The van der Waals surface area contributed by atoms with Crippen molar-refractivity contribution in [3.8, 4) is 0 Å². The van der Waals surface area contributed by atoms with Crippen molar-refractivity contribution < 1.29 is 9.59 Å². The quantitative estimate of drug-likeness (QED) is 0.705. The molecule has 82 valence electrons. The first-order chi connectivity index (χ1) is 7.65. The normalized spacial score (nSPS) is 15.6.